The predicted molar refractivity (Wildman–Crippen MR) is 159 cm³/mol. The van der Waals surface area contributed by atoms with Crippen molar-refractivity contribution in [3.05, 3.63) is 110 Å². The first-order valence-electron chi connectivity index (χ1n) is 13.1. The molecule has 0 unspecified atom stereocenters. The number of thiazole rings is 1. The summed E-state index contributed by atoms with van der Waals surface area (Å²) in [6.45, 7) is 7.15. The second kappa shape index (κ2) is 12.8. The molecule has 4 aromatic rings. The van der Waals surface area contributed by atoms with Crippen LogP contribution in [0.4, 0.5) is 0 Å². The number of carbonyl (C=O) groups is 2. The fourth-order valence-electron chi connectivity index (χ4n) is 4.39. The number of nitrogens with zero attached hydrogens (tertiary/aromatic N) is 3. The Labute approximate surface area is 239 Å². The number of ether oxygens (including phenoxy) is 2. The Balaban J connectivity index is 1.45. The van der Waals surface area contributed by atoms with E-state index in [4.69, 9.17) is 9.47 Å². The number of aryl methyl sites for hydroxylation is 2. The van der Waals surface area contributed by atoms with Crippen LogP contribution in [0, 0.1) is 20.8 Å². The van der Waals surface area contributed by atoms with Crippen LogP contribution in [0.3, 0.4) is 0 Å². The van der Waals surface area contributed by atoms with Crippen molar-refractivity contribution < 1.29 is 19.1 Å². The molecule has 0 aliphatic rings. The summed E-state index contributed by atoms with van der Waals surface area (Å²) in [5, 5.41) is 0. The number of likely N-dealkylation sites (N-methyl/N-ethyl adjacent to an activating group) is 1. The standard InChI is InChI=1S/C32H35N3O4S/c1-21-8-7-9-27(18-21)30(36)33-32-35(22(2)23(3)40-32)20-25-10-13-26(14-11-25)31(37)34(4)17-16-24-12-15-28(38-5)29(19-24)39-6/h7-15,18-19H,16-17,20H2,1-6H3. The molecule has 3 aromatic carbocycles. The van der Waals surface area contributed by atoms with E-state index in [2.05, 4.69) is 9.56 Å². The van der Waals surface area contributed by atoms with Crippen molar-refractivity contribution in [3.63, 3.8) is 0 Å². The van der Waals surface area contributed by atoms with Crippen LogP contribution in [0.15, 0.2) is 71.7 Å². The van der Waals surface area contributed by atoms with E-state index in [1.165, 1.54) is 11.3 Å². The number of rotatable bonds is 9. The van der Waals surface area contributed by atoms with Gasteiger partial charge in [-0.2, -0.15) is 4.99 Å². The van der Waals surface area contributed by atoms with Gasteiger partial charge in [-0.1, -0.05) is 35.9 Å². The lowest BCUT2D eigenvalue weighted by Gasteiger charge is -2.18. The molecule has 0 atom stereocenters. The second-order valence-corrected chi connectivity index (χ2v) is 10.9. The smallest absolute Gasteiger partial charge is 0.279 e. The number of benzene rings is 3. The molecule has 1 heterocycles. The molecular formula is C32H35N3O4S. The maximum atomic E-state index is 13.1. The lowest BCUT2D eigenvalue weighted by molar-refractivity contribution is 0.0796. The third-order valence-electron chi connectivity index (χ3n) is 6.92. The minimum Gasteiger partial charge on any atom is -0.493 e. The van der Waals surface area contributed by atoms with E-state index >= 15 is 0 Å². The molecule has 4 rings (SSSR count). The topological polar surface area (TPSA) is 73.1 Å². The number of hydrogen-bond donors (Lipinski definition) is 0. The minimum atomic E-state index is -0.254. The molecule has 0 aliphatic heterocycles. The third kappa shape index (κ3) is 6.69. The Bertz CT molecular complexity index is 1580. The summed E-state index contributed by atoms with van der Waals surface area (Å²) in [6.07, 6.45) is 0.696. The lowest BCUT2D eigenvalue weighted by Crippen LogP contribution is -2.28. The number of methoxy groups -OCH3 is 2. The third-order valence-corrected chi connectivity index (χ3v) is 8.02. The van der Waals surface area contributed by atoms with E-state index in [1.807, 2.05) is 88.5 Å². The van der Waals surface area contributed by atoms with Gasteiger partial charge in [0.05, 0.1) is 20.8 Å². The first-order chi connectivity index (χ1) is 19.2. The van der Waals surface area contributed by atoms with Gasteiger partial charge in [0.2, 0.25) is 0 Å². The fraction of sp³-hybridized carbons (Fsp3) is 0.281. The van der Waals surface area contributed by atoms with E-state index in [-0.39, 0.29) is 11.8 Å². The predicted octanol–water partition coefficient (Wildman–Crippen LogP) is 5.60. The van der Waals surface area contributed by atoms with Crippen LogP contribution in [0.2, 0.25) is 0 Å². The molecule has 0 aliphatic carbocycles. The van der Waals surface area contributed by atoms with Crippen LogP contribution in [-0.2, 0) is 13.0 Å². The summed E-state index contributed by atoms with van der Waals surface area (Å²) in [6, 6.07) is 20.9. The van der Waals surface area contributed by atoms with Crippen molar-refractivity contribution >= 4 is 23.2 Å². The van der Waals surface area contributed by atoms with Crippen molar-refractivity contribution in [1.82, 2.24) is 9.47 Å². The first kappa shape index (κ1) is 28.8. The molecule has 0 fully saturated rings. The highest BCUT2D eigenvalue weighted by atomic mass is 32.1. The van der Waals surface area contributed by atoms with E-state index in [0.29, 0.717) is 46.9 Å². The lowest BCUT2D eigenvalue weighted by atomic mass is 10.1. The molecule has 0 N–H and O–H groups in total. The molecule has 0 saturated carbocycles. The maximum absolute atomic E-state index is 13.1. The summed E-state index contributed by atoms with van der Waals surface area (Å²) in [4.78, 5) is 33.9. The van der Waals surface area contributed by atoms with Crippen molar-refractivity contribution in [2.24, 2.45) is 4.99 Å². The van der Waals surface area contributed by atoms with Crippen LogP contribution in [0.5, 0.6) is 11.5 Å². The number of carbonyl (C=O) groups excluding carboxylic acids is 2. The minimum absolute atomic E-state index is 0.0401. The Morgan fingerprint density at radius 3 is 2.25 bits per heavy atom. The SMILES string of the molecule is COc1ccc(CCN(C)C(=O)c2ccc(Cn3c(C)c(C)sc3=NC(=O)c3cccc(C)c3)cc2)cc1OC. The summed E-state index contributed by atoms with van der Waals surface area (Å²) in [5.74, 6) is 1.06. The normalized spacial score (nSPS) is 11.4. The molecule has 40 heavy (non-hydrogen) atoms. The van der Waals surface area contributed by atoms with Gasteiger partial charge in [-0.25, -0.2) is 0 Å². The Morgan fingerprint density at radius 2 is 1.57 bits per heavy atom. The van der Waals surface area contributed by atoms with Gasteiger partial charge in [-0.05, 0) is 74.7 Å². The van der Waals surface area contributed by atoms with Gasteiger partial charge in [-0.15, -0.1) is 11.3 Å². The fourth-order valence-corrected chi connectivity index (χ4v) is 5.36. The Morgan fingerprint density at radius 1 is 0.875 bits per heavy atom. The highest BCUT2D eigenvalue weighted by Crippen LogP contribution is 2.27. The highest BCUT2D eigenvalue weighted by molar-refractivity contribution is 7.09. The van der Waals surface area contributed by atoms with Gasteiger partial charge < -0.3 is 18.9 Å². The average Bonchev–Trinajstić information content (AvgIpc) is 3.22. The molecule has 7 nitrogen and oxygen atoms in total. The Kier molecular flexibility index (Phi) is 9.22. The molecule has 208 valence electrons. The largest absolute Gasteiger partial charge is 0.493 e. The maximum Gasteiger partial charge on any atom is 0.279 e. The summed E-state index contributed by atoms with van der Waals surface area (Å²) in [7, 11) is 5.03. The zero-order chi connectivity index (χ0) is 28.8. The van der Waals surface area contributed by atoms with Crippen molar-refractivity contribution in [2.45, 2.75) is 33.7 Å². The molecular weight excluding hydrogens is 522 g/mol. The molecule has 8 heteroatoms. The van der Waals surface area contributed by atoms with Gasteiger partial charge in [-0.3, -0.25) is 9.59 Å². The van der Waals surface area contributed by atoms with Crippen molar-refractivity contribution in [1.29, 1.82) is 0 Å². The van der Waals surface area contributed by atoms with Crippen LogP contribution >= 0.6 is 11.3 Å². The molecule has 1 aromatic heterocycles. The number of amides is 2. The van der Waals surface area contributed by atoms with Gasteiger partial charge >= 0.3 is 0 Å². The van der Waals surface area contributed by atoms with Gasteiger partial charge in [0.25, 0.3) is 11.8 Å². The van der Waals surface area contributed by atoms with Crippen LogP contribution in [0.1, 0.15) is 48.0 Å². The summed E-state index contributed by atoms with van der Waals surface area (Å²) in [5.41, 5.74) is 5.38. The van der Waals surface area contributed by atoms with Gasteiger partial charge in [0.1, 0.15) is 0 Å². The monoisotopic (exact) mass is 557 g/mol. The van der Waals surface area contributed by atoms with Crippen LogP contribution < -0.4 is 14.3 Å². The summed E-state index contributed by atoms with van der Waals surface area (Å²) < 4.78 is 12.7. The number of hydrogen-bond acceptors (Lipinski definition) is 5. The zero-order valence-electron chi connectivity index (χ0n) is 23.9. The second-order valence-electron chi connectivity index (χ2n) is 9.76. The molecule has 0 spiro atoms. The van der Waals surface area contributed by atoms with E-state index < -0.39 is 0 Å². The van der Waals surface area contributed by atoms with Crippen LogP contribution in [0.25, 0.3) is 0 Å². The zero-order valence-corrected chi connectivity index (χ0v) is 24.7. The van der Waals surface area contributed by atoms with Gasteiger partial charge in [0, 0.05) is 35.3 Å². The number of aromatic nitrogens is 1. The Hall–Kier alpha value is -4.17. The summed E-state index contributed by atoms with van der Waals surface area (Å²) >= 11 is 1.51. The molecule has 0 bridgehead atoms. The van der Waals surface area contributed by atoms with E-state index in [9.17, 15) is 9.59 Å². The quantitative estimate of drug-likeness (QED) is 0.269. The van der Waals surface area contributed by atoms with Crippen molar-refractivity contribution in [3.8, 4) is 11.5 Å². The first-order valence-corrected chi connectivity index (χ1v) is 13.9. The molecule has 0 radical (unpaired) electrons. The van der Waals surface area contributed by atoms with Crippen LogP contribution in [-0.4, -0.2) is 49.1 Å². The van der Waals surface area contributed by atoms with Crippen molar-refractivity contribution in [2.75, 3.05) is 27.8 Å². The van der Waals surface area contributed by atoms with Gasteiger partial charge in [0.15, 0.2) is 16.3 Å². The molecule has 0 saturated heterocycles. The molecule has 2 amide bonds. The highest BCUT2D eigenvalue weighted by Gasteiger charge is 2.14. The average molecular weight is 558 g/mol. The van der Waals surface area contributed by atoms with E-state index in [1.54, 1.807) is 25.2 Å². The van der Waals surface area contributed by atoms with E-state index in [0.717, 1.165) is 27.3 Å².